The van der Waals surface area contributed by atoms with E-state index in [4.69, 9.17) is 16.0 Å². The zero-order chi connectivity index (χ0) is 25.0. The number of nitrogens with zero attached hydrogens (tertiary/aromatic N) is 3. The van der Waals surface area contributed by atoms with Crippen molar-refractivity contribution in [2.45, 2.75) is 53.4 Å². The normalized spacial score (nSPS) is 11.9. The molecule has 1 rings (SSSR count). The second kappa shape index (κ2) is 13.7. The van der Waals surface area contributed by atoms with Crippen molar-refractivity contribution in [3.63, 3.8) is 0 Å². The third-order valence-corrected chi connectivity index (χ3v) is 5.14. The lowest BCUT2D eigenvalue weighted by Crippen LogP contribution is -2.30. The van der Waals surface area contributed by atoms with E-state index >= 15 is 0 Å². The molecule has 10 nitrogen and oxygen atoms in total. The molecular formula is C23H31N3O7. The number of hydrogen-bond donors (Lipinski definition) is 1. The number of likely N-dealkylation sites (N-methyl/N-ethyl adjacent to an activating group) is 1. The highest BCUT2D eigenvalue weighted by atomic mass is 16.7. The highest BCUT2D eigenvalue weighted by molar-refractivity contribution is 5.99. The van der Waals surface area contributed by atoms with Crippen LogP contribution in [0.3, 0.4) is 0 Å². The standard InChI is InChI=1S/C23H31N3O7/c1-6-10-11-16(7-2)15-32-23(29)33-20-14-17(13-19(21(20)27)26(30)31)12-18(24-5)22(28)25(8-3)9-4/h12-14,16,27H,6-11,15H2,1-4H3. The van der Waals surface area contributed by atoms with Crippen LogP contribution in [-0.4, -0.2) is 46.7 Å². The van der Waals surface area contributed by atoms with Gasteiger partial charge in [0.15, 0.2) is 5.75 Å². The number of benzene rings is 1. The molecule has 1 aromatic rings. The van der Waals surface area contributed by atoms with Gasteiger partial charge in [-0.05, 0) is 43.9 Å². The monoisotopic (exact) mass is 461 g/mol. The predicted octanol–water partition coefficient (Wildman–Crippen LogP) is 5.16. The zero-order valence-electron chi connectivity index (χ0n) is 19.5. The van der Waals surface area contributed by atoms with Crippen molar-refractivity contribution in [1.82, 2.24) is 4.90 Å². The Balaban J connectivity index is 3.20. The molecule has 0 spiro atoms. The molecule has 0 fully saturated rings. The molecule has 1 unspecified atom stereocenters. The van der Waals surface area contributed by atoms with Gasteiger partial charge < -0.3 is 19.5 Å². The summed E-state index contributed by atoms with van der Waals surface area (Å²) in [6, 6.07) is 2.13. The van der Waals surface area contributed by atoms with E-state index in [1.807, 2.05) is 6.92 Å². The Labute approximate surface area is 193 Å². The first-order valence-electron chi connectivity index (χ1n) is 11.0. The minimum atomic E-state index is -1.11. The Bertz CT molecular complexity index is 917. The summed E-state index contributed by atoms with van der Waals surface area (Å²) in [4.78, 5) is 39.8. The molecular weight excluding hydrogens is 430 g/mol. The molecule has 0 aliphatic carbocycles. The minimum Gasteiger partial charge on any atom is -0.499 e. The summed E-state index contributed by atoms with van der Waals surface area (Å²) in [6.45, 7) is 15.8. The molecule has 1 atom stereocenters. The van der Waals surface area contributed by atoms with Crippen LogP contribution in [0.5, 0.6) is 11.5 Å². The Hall–Kier alpha value is -3.61. The highest BCUT2D eigenvalue weighted by Crippen LogP contribution is 2.38. The molecule has 1 N–H and O–H groups in total. The summed E-state index contributed by atoms with van der Waals surface area (Å²) in [5, 5.41) is 21.6. The molecule has 0 aromatic heterocycles. The number of nitro groups is 1. The highest BCUT2D eigenvalue weighted by Gasteiger charge is 2.24. The molecule has 0 aliphatic heterocycles. The van der Waals surface area contributed by atoms with Gasteiger partial charge in [0.05, 0.1) is 18.1 Å². The summed E-state index contributed by atoms with van der Waals surface area (Å²) < 4.78 is 10.1. The van der Waals surface area contributed by atoms with Crippen LogP contribution >= 0.6 is 0 Å². The number of phenols is 1. The molecule has 180 valence electrons. The largest absolute Gasteiger partial charge is 0.513 e. The summed E-state index contributed by atoms with van der Waals surface area (Å²) in [5.74, 6) is -1.74. The Morgan fingerprint density at radius 3 is 2.45 bits per heavy atom. The molecule has 33 heavy (non-hydrogen) atoms. The lowest BCUT2D eigenvalue weighted by molar-refractivity contribution is -0.385. The van der Waals surface area contributed by atoms with Gasteiger partial charge in [-0.15, -0.1) is 0 Å². The molecule has 1 aromatic carbocycles. The van der Waals surface area contributed by atoms with Crippen molar-refractivity contribution in [1.29, 1.82) is 0 Å². The van der Waals surface area contributed by atoms with E-state index in [9.17, 15) is 24.8 Å². The van der Waals surface area contributed by atoms with Crippen molar-refractivity contribution >= 4 is 23.8 Å². The molecule has 0 radical (unpaired) electrons. The van der Waals surface area contributed by atoms with Gasteiger partial charge in [0, 0.05) is 19.2 Å². The minimum absolute atomic E-state index is 0.0446. The van der Waals surface area contributed by atoms with Crippen LogP contribution in [-0.2, 0) is 9.53 Å². The second-order valence-electron chi connectivity index (χ2n) is 7.34. The first-order chi connectivity index (χ1) is 15.7. The molecule has 0 saturated heterocycles. The Morgan fingerprint density at radius 2 is 1.94 bits per heavy atom. The van der Waals surface area contributed by atoms with Gasteiger partial charge in [0.1, 0.15) is 0 Å². The van der Waals surface area contributed by atoms with Crippen molar-refractivity contribution in [3.05, 3.63) is 44.9 Å². The predicted molar refractivity (Wildman–Crippen MR) is 123 cm³/mol. The molecule has 0 aliphatic rings. The van der Waals surface area contributed by atoms with Crippen molar-refractivity contribution in [3.8, 4) is 11.5 Å². The maximum atomic E-state index is 12.5. The molecule has 10 heteroatoms. The van der Waals surface area contributed by atoms with Crippen molar-refractivity contribution in [2.75, 3.05) is 19.7 Å². The fourth-order valence-electron chi connectivity index (χ4n) is 3.09. The second-order valence-corrected chi connectivity index (χ2v) is 7.34. The number of hydrogen-bond acceptors (Lipinski definition) is 7. The molecule has 0 heterocycles. The summed E-state index contributed by atoms with van der Waals surface area (Å²) in [6.07, 6.45) is 3.74. The SMILES string of the molecule is [C-]#[N+]C(=Cc1cc(OC(=O)OCC(CC)CCCC)c(O)c([N+](=O)[O-])c1)C(=O)N(CC)CC. The number of carbonyl (C=O) groups excluding carboxylic acids is 2. The maximum Gasteiger partial charge on any atom is 0.513 e. The third kappa shape index (κ3) is 8.11. The van der Waals surface area contributed by atoms with E-state index in [0.717, 1.165) is 43.9 Å². The van der Waals surface area contributed by atoms with Crippen molar-refractivity contribution in [2.24, 2.45) is 5.92 Å². The number of phenolic OH excluding ortho intramolecular Hbond substituents is 1. The van der Waals surface area contributed by atoms with E-state index in [0.29, 0.717) is 13.1 Å². The molecule has 0 bridgehead atoms. The number of carbonyl (C=O) groups is 2. The van der Waals surface area contributed by atoms with Gasteiger partial charge in [-0.3, -0.25) is 14.9 Å². The van der Waals surface area contributed by atoms with E-state index in [1.54, 1.807) is 13.8 Å². The first-order valence-corrected chi connectivity index (χ1v) is 11.0. The van der Waals surface area contributed by atoms with Gasteiger partial charge >= 0.3 is 11.8 Å². The van der Waals surface area contributed by atoms with Crippen LogP contribution in [0.1, 0.15) is 58.9 Å². The van der Waals surface area contributed by atoms with Gasteiger partial charge in [-0.2, -0.15) is 0 Å². The van der Waals surface area contributed by atoms with Crippen LogP contribution in [0, 0.1) is 22.6 Å². The van der Waals surface area contributed by atoms with E-state index < -0.39 is 34.2 Å². The van der Waals surface area contributed by atoms with Gasteiger partial charge in [-0.1, -0.05) is 33.1 Å². The number of amides is 1. The van der Waals surface area contributed by atoms with Gasteiger partial charge in [0.2, 0.25) is 5.75 Å². The summed E-state index contributed by atoms with van der Waals surface area (Å²) in [5.41, 5.74) is -0.960. The molecule has 0 saturated carbocycles. The van der Waals surface area contributed by atoms with Crippen molar-refractivity contribution < 1.29 is 29.1 Å². The number of nitro benzene ring substituents is 1. The summed E-state index contributed by atoms with van der Waals surface area (Å²) in [7, 11) is 0. The van der Waals surface area contributed by atoms with Crippen LogP contribution in [0.2, 0.25) is 0 Å². The number of unbranched alkanes of at least 4 members (excludes halogenated alkanes) is 1. The lowest BCUT2D eigenvalue weighted by atomic mass is 10.0. The maximum absolute atomic E-state index is 12.5. The van der Waals surface area contributed by atoms with Crippen LogP contribution < -0.4 is 4.74 Å². The third-order valence-electron chi connectivity index (χ3n) is 5.14. The lowest BCUT2D eigenvalue weighted by Gasteiger charge is -2.18. The van der Waals surface area contributed by atoms with Gasteiger partial charge in [-0.25, -0.2) is 9.64 Å². The van der Waals surface area contributed by atoms with Crippen LogP contribution in [0.15, 0.2) is 17.8 Å². The molecule has 1 amide bonds. The average molecular weight is 462 g/mol. The zero-order valence-corrected chi connectivity index (χ0v) is 19.5. The Morgan fingerprint density at radius 1 is 1.27 bits per heavy atom. The topological polar surface area (TPSA) is 124 Å². The average Bonchev–Trinajstić information content (AvgIpc) is 2.79. The first kappa shape index (κ1) is 27.4. The number of rotatable bonds is 12. The summed E-state index contributed by atoms with van der Waals surface area (Å²) >= 11 is 0. The van der Waals surface area contributed by atoms with Crippen LogP contribution in [0.4, 0.5) is 10.5 Å². The van der Waals surface area contributed by atoms with Crippen LogP contribution in [0.25, 0.3) is 10.9 Å². The van der Waals surface area contributed by atoms with Gasteiger partial charge in [0.25, 0.3) is 11.6 Å². The quantitative estimate of drug-likeness (QED) is 0.114. The number of ether oxygens (including phenoxy) is 2. The smallest absolute Gasteiger partial charge is 0.499 e. The fraction of sp³-hybridized carbons (Fsp3) is 0.522. The fourth-order valence-corrected chi connectivity index (χ4v) is 3.09. The van der Waals surface area contributed by atoms with E-state index in [1.165, 1.54) is 4.90 Å². The number of aromatic hydroxyl groups is 1. The van der Waals surface area contributed by atoms with E-state index in [2.05, 4.69) is 11.8 Å². The Kier molecular flexibility index (Phi) is 11.4. The van der Waals surface area contributed by atoms with E-state index in [-0.39, 0.29) is 23.8 Å².